The third kappa shape index (κ3) is 1.95. The Hall–Kier alpha value is -0.170. The maximum Gasteiger partial charge on any atom is 0.279 e. The molecule has 0 spiro atoms. The largest absolute Gasteiger partial charge is 0.314 e. The van der Waals surface area contributed by atoms with Crippen molar-refractivity contribution >= 4 is 10.2 Å². The van der Waals surface area contributed by atoms with Crippen molar-refractivity contribution in [1.29, 1.82) is 0 Å². The second-order valence-electron chi connectivity index (χ2n) is 2.87. The van der Waals surface area contributed by atoms with E-state index in [1.807, 2.05) is 6.92 Å². The first-order chi connectivity index (χ1) is 5.58. The molecule has 0 radical (unpaired) electrons. The van der Waals surface area contributed by atoms with Crippen LogP contribution in [0.3, 0.4) is 0 Å². The molecule has 1 heterocycles. The summed E-state index contributed by atoms with van der Waals surface area (Å²) in [5, 5.41) is 3.13. The van der Waals surface area contributed by atoms with Gasteiger partial charge in [-0.2, -0.15) is 12.7 Å². The Morgan fingerprint density at radius 1 is 1.58 bits per heavy atom. The lowest BCUT2D eigenvalue weighted by molar-refractivity contribution is 0.281. The lowest BCUT2D eigenvalue weighted by Crippen LogP contribution is -2.54. The lowest BCUT2D eigenvalue weighted by atomic mass is 10.3. The van der Waals surface area contributed by atoms with E-state index in [1.54, 1.807) is 0 Å². The SMILES string of the molecule is CNS(=O)(=O)N1CCNC[C@@H]1C. The molecule has 2 N–H and O–H groups in total. The number of nitrogens with zero attached hydrogens (tertiary/aromatic N) is 1. The maximum absolute atomic E-state index is 11.4. The third-order valence-electron chi connectivity index (χ3n) is 2.01. The second-order valence-corrected chi connectivity index (χ2v) is 4.70. The van der Waals surface area contributed by atoms with Gasteiger partial charge in [0, 0.05) is 32.7 Å². The van der Waals surface area contributed by atoms with Crippen LogP contribution in [0.25, 0.3) is 0 Å². The van der Waals surface area contributed by atoms with Gasteiger partial charge >= 0.3 is 0 Å². The van der Waals surface area contributed by atoms with Gasteiger partial charge in [0.1, 0.15) is 0 Å². The molecule has 1 saturated heterocycles. The Kier molecular flexibility index (Phi) is 3.05. The summed E-state index contributed by atoms with van der Waals surface area (Å²) in [6.07, 6.45) is 0. The van der Waals surface area contributed by atoms with Gasteiger partial charge in [-0.15, -0.1) is 0 Å². The Labute approximate surface area is 73.3 Å². The summed E-state index contributed by atoms with van der Waals surface area (Å²) in [4.78, 5) is 0. The van der Waals surface area contributed by atoms with Crippen molar-refractivity contribution in [3.8, 4) is 0 Å². The van der Waals surface area contributed by atoms with Gasteiger partial charge in [-0.1, -0.05) is 0 Å². The van der Waals surface area contributed by atoms with E-state index in [1.165, 1.54) is 11.4 Å². The molecular weight excluding hydrogens is 178 g/mol. The highest BCUT2D eigenvalue weighted by Crippen LogP contribution is 2.06. The zero-order chi connectivity index (χ0) is 9.19. The topological polar surface area (TPSA) is 61.4 Å². The van der Waals surface area contributed by atoms with Crippen molar-refractivity contribution in [2.45, 2.75) is 13.0 Å². The molecule has 1 aliphatic rings. The van der Waals surface area contributed by atoms with Gasteiger partial charge < -0.3 is 5.32 Å². The average Bonchev–Trinajstić information content (AvgIpc) is 2.05. The van der Waals surface area contributed by atoms with Crippen molar-refractivity contribution in [3.63, 3.8) is 0 Å². The number of hydrogen-bond donors (Lipinski definition) is 2. The fourth-order valence-corrected chi connectivity index (χ4v) is 2.41. The molecule has 1 fully saturated rings. The summed E-state index contributed by atoms with van der Waals surface area (Å²) in [5.74, 6) is 0. The minimum atomic E-state index is -3.23. The quantitative estimate of drug-likeness (QED) is 0.576. The minimum Gasteiger partial charge on any atom is -0.314 e. The highest BCUT2D eigenvalue weighted by atomic mass is 32.2. The summed E-state index contributed by atoms with van der Waals surface area (Å²) in [5.41, 5.74) is 0. The average molecular weight is 193 g/mol. The number of piperazine rings is 1. The van der Waals surface area contributed by atoms with E-state index in [9.17, 15) is 8.42 Å². The highest BCUT2D eigenvalue weighted by Gasteiger charge is 2.27. The van der Waals surface area contributed by atoms with Crippen LogP contribution in [0.5, 0.6) is 0 Å². The number of nitrogens with one attached hydrogen (secondary N) is 2. The van der Waals surface area contributed by atoms with Crippen molar-refractivity contribution in [3.05, 3.63) is 0 Å². The molecule has 12 heavy (non-hydrogen) atoms. The monoisotopic (exact) mass is 193 g/mol. The van der Waals surface area contributed by atoms with Gasteiger partial charge in [0.15, 0.2) is 0 Å². The normalized spacial score (nSPS) is 27.3. The van der Waals surface area contributed by atoms with E-state index in [4.69, 9.17) is 0 Å². The molecule has 0 unspecified atom stereocenters. The first-order valence-corrected chi connectivity index (χ1v) is 5.43. The van der Waals surface area contributed by atoms with Crippen LogP contribution in [0.2, 0.25) is 0 Å². The molecule has 72 valence electrons. The van der Waals surface area contributed by atoms with Crippen LogP contribution < -0.4 is 10.0 Å². The first kappa shape index (κ1) is 9.91. The van der Waals surface area contributed by atoms with Gasteiger partial charge in [0.25, 0.3) is 10.2 Å². The highest BCUT2D eigenvalue weighted by molar-refractivity contribution is 7.87. The van der Waals surface area contributed by atoms with Gasteiger partial charge in [-0.25, -0.2) is 4.72 Å². The zero-order valence-electron chi connectivity index (χ0n) is 7.37. The first-order valence-electron chi connectivity index (χ1n) is 3.99. The Morgan fingerprint density at radius 2 is 2.25 bits per heavy atom. The van der Waals surface area contributed by atoms with Gasteiger partial charge in [-0.05, 0) is 6.92 Å². The van der Waals surface area contributed by atoms with E-state index in [-0.39, 0.29) is 6.04 Å². The fourth-order valence-electron chi connectivity index (χ4n) is 1.30. The molecule has 0 amide bonds. The van der Waals surface area contributed by atoms with Crippen LogP contribution in [-0.4, -0.2) is 45.4 Å². The van der Waals surface area contributed by atoms with Gasteiger partial charge in [0.2, 0.25) is 0 Å². The molecule has 0 saturated carbocycles. The Balaban J connectivity index is 2.72. The third-order valence-corrected chi connectivity index (χ3v) is 3.68. The second kappa shape index (κ2) is 3.69. The summed E-state index contributed by atoms with van der Waals surface area (Å²) < 4.78 is 26.5. The summed E-state index contributed by atoms with van der Waals surface area (Å²) >= 11 is 0. The standard InChI is InChI=1S/C6H15N3O2S/c1-6-5-8-3-4-9(6)12(10,11)7-2/h6-8H,3-5H2,1-2H3/t6-/m0/s1. The van der Waals surface area contributed by atoms with Crippen LogP contribution in [0.4, 0.5) is 0 Å². The van der Waals surface area contributed by atoms with E-state index in [2.05, 4.69) is 10.0 Å². The molecule has 1 rings (SSSR count). The van der Waals surface area contributed by atoms with Crippen molar-refractivity contribution in [2.75, 3.05) is 26.7 Å². The molecule has 0 aliphatic carbocycles. The van der Waals surface area contributed by atoms with Crippen molar-refractivity contribution < 1.29 is 8.42 Å². The van der Waals surface area contributed by atoms with Crippen molar-refractivity contribution in [2.24, 2.45) is 0 Å². The van der Waals surface area contributed by atoms with Crippen LogP contribution in [0.1, 0.15) is 6.92 Å². The zero-order valence-corrected chi connectivity index (χ0v) is 8.19. The predicted octanol–water partition coefficient (Wildman–Crippen LogP) is -1.26. The number of rotatable bonds is 2. The molecule has 0 aromatic heterocycles. The van der Waals surface area contributed by atoms with E-state index < -0.39 is 10.2 Å². The summed E-state index contributed by atoms with van der Waals surface area (Å²) in [6.45, 7) is 3.89. The minimum absolute atomic E-state index is 0.0381. The molecular formula is C6H15N3O2S. The Bertz CT molecular complexity index is 239. The predicted molar refractivity (Wildman–Crippen MR) is 47.0 cm³/mol. The Morgan fingerprint density at radius 3 is 2.75 bits per heavy atom. The molecule has 6 heteroatoms. The fraction of sp³-hybridized carbons (Fsp3) is 1.00. The van der Waals surface area contributed by atoms with E-state index in [0.717, 1.165) is 13.1 Å². The van der Waals surface area contributed by atoms with Crippen LogP contribution >= 0.6 is 0 Å². The van der Waals surface area contributed by atoms with Crippen LogP contribution in [-0.2, 0) is 10.2 Å². The van der Waals surface area contributed by atoms with Gasteiger partial charge in [-0.3, -0.25) is 0 Å². The molecule has 0 aromatic rings. The molecule has 0 bridgehead atoms. The van der Waals surface area contributed by atoms with E-state index in [0.29, 0.717) is 6.54 Å². The molecule has 1 atom stereocenters. The van der Waals surface area contributed by atoms with Crippen LogP contribution in [0.15, 0.2) is 0 Å². The summed E-state index contributed by atoms with van der Waals surface area (Å²) in [6, 6.07) is 0.0381. The molecule has 0 aromatic carbocycles. The molecule has 5 nitrogen and oxygen atoms in total. The van der Waals surface area contributed by atoms with Gasteiger partial charge in [0.05, 0.1) is 0 Å². The number of hydrogen-bond acceptors (Lipinski definition) is 3. The lowest BCUT2D eigenvalue weighted by Gasteiger charge is -2.32. The smallest absolute Gasteiger partial charge is 0.279 e. The molecule has 1 aliphatic heterocycles. The van der Waals surface area contributed by atoms with E-state index >= 15 is 0 Å². The summed E-state index contributed by atoms with van der Waals surface area (Å²) in [7, 11) is -1.79. The van der Waals surface area contributed by atoms with Crippen molar-refractivity contribution in [1.82, 2.24) is 14.3 Å². The van der Waals surface area contributed by atoms with Crippen LogP contribution in [0, 0.1) is 0 Å². The maximum atomic E-state index is 11.4.